The summed E-state index contributed by atoms with van der Waals surface area (Å²) in [6.45, 7) is 5.72. The van der Waals surface area contributed by atoms with Gasteiger partial charge in [0.25, 0.3) is 5.56 Å². The van der Waals surface area contributed by atoms with Gasteiger partial charge in [-0.05, 0) is 12.5 Å². The molecule has 134 valence electrons. The van der Waals surface area contributed by atoms with Gasteiger partial charge in [-0.2, -0.15) is 9.78 Å². The normalized spacial score (nSPS) is 11.2. The maximum absolute atomic E-state index is 13.1. The van der Waals surface area contributed by atoms with Gasteiger partial charge in [0.1, 0.15) is 23.1 Å². The second-order valence-corrected chi connectivity index (χ2v) is 6.60. The molecule has 0 saturated heterocycles. The van der Waals surface area contributed by atoms with Crippen molar-refractivity contribution < 1.29 is 4.42 Å². The van der Waals surface area contributed by atoms with Crippen molar-refractivity contribution in [1.29, 1.82) is 5.26 Å². The quantitative estimate of drug-likeness (QED) is 0.602. The van der Waals surface area contributed by atoms with Gasteiger partial charge in [-0.1, -0.05) is 44.2 Å². The summed E-state index contributed by atoms with van der Waals surface area (Å²) in [6.07, 6.45) is 1.62. The summed E-state index contributed by atoms with van der Waals surface area (Å²) in [4.78, 5) is 22.0. The van der Waals surface area contributed by atoms with Gasteiger partial charge in [0.2, 0.25) is 5.89 Å². The Balaban J connectivity index is 2.01. The molecule has 0 aliphatic carbocycles. The smallest absolute Gasteiger partial charge is 0.285 e. The van der Waals surface area contributed by atoms with Crippen LogP contribution in [0.5, 0.6) is 0 Å². The van der Waals surface area contributed by atoms with Gasteiger partial charge < -0.3 is 4.42 Å². The van der Waals surface area contributed by atoms with Crippen LogP contribution >= 0.6 is 0 Å². The Kier molecular flexibility index (Phi) is 3.89. The molecule has 1 aromatic carbocycles. The molecule has 3 aromatic heterocycles. The van der Waals surface area contributed by atoms with Crippen molar-refractivity contribution in [1.82, 2.24) is 19.6 Å². The molecule has 3 heterocycles. The Labute approximate surface area is 154 Å². The summed E-state index contributed by atoms with van der Waals surface area (Å²) in [6, 6.07) is 11.5. The van der Waals surface area contributed by atoms with E-state index in [0.29, 0.717) is 22.7 Å². The minimum absolute atomic E-state index is 0.159. The predicted octanol–water partition coefficient (Wildman–Crippen LogP) is 3.65. The number of hydrogen-bond donors (Lipinski definition) is 1. The third kappa shape index (κ3) is 2.62. The summed E-state index contributed by atoms with van der Waals surface area (Å²) in [7, 11) is 0. The molecular weight excluding hydrogens is 342 g/mol. The van der Waals surface area contributed by atoms with Gasteiger partial charge >= 0.3 is 0 Å². The van der Waals surface area contributed by atoms with E-state index in [2.05, 4.69) is 21.1 Å². The number of aryl methyl sites for hydroxylation is 1. The molecular formula is C20H17N5O2. The van der Waals surface area contributed by atoms with Crippen molar-refractivity contribution in [3.63, 3.8) is 0 Å². The molecule has 0 saturated carbocycles. The van der Waals surface area contributed by atoms with E-state index in [9.17, 15) is 10.1 Å². The van der Waals surface area contributed by atoms with Crippen molar-refractivity contribution in [3.05, 3.63) is 64.0 Å². The minimum atomic E-state index is -0.353. The van der Waals surface area contributed by atoms with Crippen molar-refractivity contribution in [2.75, 3.05) is 0 Å². The first-order chi connectivity index (χ1) is 13.0. The molecule has 4 rings (SSSR count). The monoisotopic (exact) mass is 359 g/mol. The molecule has 0 atom stereocenters. The van der Waals surface area contributed by atoms with E-state index >= 15 is 0 Å². The summed E-state index contributed by atoms with van der Waals surface area (Å²) in [5.41, 5.74) is 2.51. The van der Waals surface area contributed by atoms with Crippen LogP contribution in [0, 0.1) is 18.3 Å². The average Bonchev–Trinajstić information content (AvgIpc) is 3.27. The molecule has 0 amide bonds. The summed E-state index contributed by atoms with van der Waals surface area (Å²) in [5.74, 6) is 1.09. The Bertz CT molecular complexity index is 1240. The molecule has 0 unspecified atom stereocenters. The third-order valence-electron chi connectivity index (χ3n) is 4.44. The lowest BCUT2D eigenvalue weighted by molar-refractivity contribution is 0.494. The Morgan fingerprint density at radius 3 is 2.59 bits per heavy atom. The summed E-state index contributed by atoms with van der Waals surface area (Å²) < 4.78 is 7.03. The van der Waals surface area contributed by atoms with E-state index in [0.717, 1.165) is 5.56 Å². The fourth-order valence-electron chi connectivity index (χ4n) is 3.05. The molecule has 0 bridgehead atoms. The first kappa shape index (κ1) is 16.8. The topological polar surface area (TPSA) is 100.0 Å². The maximum Gasteiger partial charge on any atom is 0.285 e. The zero-order valence-electron chi connectivity index (χ0n) is 15.1. The van der Waals surface area contributed by atoms with E-state index in [1.807, 2.05) is 44.2 Å². The standard InChI is InChI=1S/C20H17N5O2/c1-11(2)15-10-22-19(27-15)16-12(3)23-18-17(13-7-5-4-6-8-13)14(9-21)24-25(18)20(16)26/h4-8,10-11,24H,1-3H3. The number of aromatic nitrogens is 4. The van der Waals surface area contributed by atoms with Crippen LogP contribution in [0.2, 0.25) is 0 Å². The summed E-state index contributed by atoms with van der Waals surface area (Å²) >= 11 is 0. The fourth-order valence-corrected chi connectivity index (χ4v) is 3.05. The molecule has 4 aromatic rings. The molecule has 7 heteroatoms. The van der Waals surface area contributed by atoms with Crippen LogP contribution in [0.3, 0.4) is 0 Å². The van der Waals surface area contributed by atoms with Gasteiger partial charge in [0.05, 0.1) is 17.5 Å². The Morgan fingerprint density at radius 2 is 1.96 bits per heavy atom. The highest BCUT2D eigenvalue weighted by molar-refractivity contribution is 5.82. The van der Waals surface area contributed by atoms with Gasteiger partial charge in [0.15, 0.2) is 5.65 Å². The molecule has 0 aliphatic heterocycles. The van der Waals surface area contributed by atoms with E-state index in [4.69, 9.17) is 4.42 Å². The van der Waals surface area contributed by atoms with Crippen LogP contribution in [-0.4, -0.2) is 19.6 Å². The van der Waals surface area contributed by atoms with Gasteiger partial charge in [0, 0.05) is 5.92 Å². The van der Waals surface area contributed by atoms with Crippen molar-refractivity contribution >= 4 is 5.65 Å². The minimum Gasteiger partial charge on any atom is -0.441 e. The van der Waals surface area contributed by atoms with Crippen LogP contribution in [0.1, 0.15) is 36.9 Å². The molecule has 0 aliphatic rings. The second-order valence-electron chi connectivity index (χ2n) is 6.60. The van der Waals surface area contributed by atoms with Crippen LogP contribution in [0.4, 0.5) is 0 Å². The van der Waals surface area contributed by atoms with Crippen molar-refractivity contribution in [2.45, 2.75) is 26.7 Å². The number of nitriles is 1. The van der Waals surface area contributed by atoms with Gasteiger partial charge in [-0.25, -0.2) is 9.97 Å². The van der Waals surface area contributed by atoms with Crippen LogP contribution in [0.15, 0.2) is 45.7 Å². The highest BCUT2D eigenvalue weighted by Crippen LogP contribution is 2.28. The SMILES string of the molecule is Cc1nc2c(-c3ccccc3)c(C#N)[nH]n2c(=O)c1-c1ncc(C(C)C)o1. The molecule has 27 heavy (non-hydrogen) atoms. The van der Waals surface area contributed by atoms with Crippen LogP contribution in [-0.2, 0) is 0 Å². The number of nitrogens with one attached hydrogen (secondary N) is 1. The number of rotatable bonds is 3. The first-order valence-corrected chi connectivity index (χ1v) is 8.58. The lowest BCUT2D eigenvalue weighted by Crippen LogP contribution is -2.19. The predicted molar refractivity (Wildman–Crippen MR) is 100 cm³/mol. The highest BCUT2D eigenvalue weighted by atomic mass is 16.4. The highest BCUT2D eigenvalue weighted by Gasteiger charge is 2.22. The number of fused-ring (bicyclic) bond motifs is 1. The number of benzene rings is 1. The third-order valence-corrected chi connectivity index (χ3v) is 4.44. The largest absolute Gasteiger partial charge is 0.441 e. The molecule has 1 N–H and O–H groups in total. The maximum atomic E-state index is 13.1. The summed E-state index contributed by atoms with van der Waals surface area (Å²) in [5, 5.41) is 12.4. The van der Waals surface area contributed by atoms with E-state index in [1.165, 1.54) is 4.52 Å². The van der Waals surface area contributed by atoms with Crippen molar-refractivity contribution in [3.8, 4) is 28.7 Å². The van der Waals surface area contributed by atoms with Gasteiger partial charge in [-0.3, -0.25) is 9.89 Å². The number of oxazole rings is 1. The van der Waals surface area contributed by atoms with Crippen LogP contribution < -0.4 is 5.56 Å². The van der Waals surface area contributed by atoms with E-state index in [1.54, 1.807) is 13.1 Å². The number of aromatic amines is 1. The average molecular weight is 359 g/mol. The van der Waals surface area contributed by atoms with Gasteiger partial charge in [-0.15, -0.1) is 0 Å². The van der Waals surface area contributed by atoms with Crippen molar-refractivity contribution in [2.24, 2.45) is 0 Å². The number of hydrogen-bond acceptors (Lipinski definition) is 5. The zero-order chi connectivity index (χ0) is 19.1. The van der Waals surface area contributed by atoms with E-state index < -0.39 is 0 Å². The molecule has 7 nitrogen and oxygen atoms in total. The Morgan fingerprint density at radius 1 is 1.22 bits per heavy atom. The molecule has 0 radical (unpaired) electrons. The van der Waals surface area contributed by atoms with Crippen LogP contribution in [0.25, 0.3) is 28.2 Å². The number of nitrogens with zero attached hydrogens (tertiary/aromatic N) is 4. The van der Waals surface area contributed by atoms with E-state index in [-0.39, 0.29) is 28.6 Å². The molecule has 0 spiro atoms. The first-order valence-electron chi connectivity index (χ1n) is 8.58. The molecule has 0 fully saturated rings. The Hall–Kier alpha value is -3.66. The zero-order valence-corrected chi connectivity index (χ0v) is 15.1. The second kappa shape index (κ2) is 6.25. The lowest BCUT2D eigenvalue weighted by atomic mass is 10.1. The lowest BCUT2D eigenvalue weighted by Gasteiger charge is -2.04. The number of H-pyrrole nitrogens is 1. The fraction of sp³-hybridized carbons (Fsp3) is 0.200.